The molecule has 1 aromatic rings. The Morgan fingerprint density at radius 1 is 0.963 bits per heavy atom. The van der Waals surface area contributed by atoms with Crippen LogP contribution in [0.4, 0.5) is 5.69 Å². The molecular formula is C20H27N3O2S2. The summed E-state index contributed by atoms with van der Waals surface area (Å²) in [5.41, 5.74) is 0.599. The first-order valence-electron chi connectivity index (χ1n) is 10.1. The van der Waals surface area contributed by atoms with Gasteiger partial charge in [0.2, 0.25) is 10.0 Å². The Labute approximate surface area is 166 Å². The molecule has 4 bridgehead atoms. The van der Waals surface area contributed by atoms with Gasteiger partial charge in [-0.25, -0.2) is 13.1 Å². The molecule has 5 nitrogen and oxygen atoms in total. The van der Waals surface area contributed by atoms with E-state index < -0.39 is 10.0 Å². The van der Waals surface area contributed by atoms with E-state index in [0.29, 0.717) is 33.8 Å². The van der Waals surface area contributed by atoms with Crippen LogP contribution in [0.15, 0.2) is 29.2 Å². The Morgan fingerprint density at radius 2 is 1.52 bits per heavy atom. The third-order valence-corrected chi connectivity index (χ3v) is 8.54. The maximum atomic E-state index is 13.0. The first kappa shape index (κ1) is 17.9. The Balaban J connectivity index is 1.28. The molecule has 1 aromatic carbocycles. The number of thiocarbonyl (C=S) groups is 1. The molecule has 0 aliphatic heterocycles. The molecule has 0 saturated heterocycles. The second-order valence-electron chi connectivity index (χ2n) is 9.20. The third-order valence-electron chi connectivity index (χ3n) is 6.72. The molecule has 0 heterocycles. The highest BCUT2D eigenvalue weighted by molar-refractivity contribution is 7.89. The molecule has 5 aliphatic rings. The Morgan fingerprint density at radius 3 is 2.04 bits per heavy atom. The van der Waals surface area contributed by atoms with Crippen LogP contribution >= 0.6 is 12.2 Å². The summed E-state index contributed by atoms with van der Waals surface area (Å²) < 4.78 is 29.2. The zero-order chi connectivity index (χ0) is 18.6. The van der Waals surface area contributed by atoms with Crippen LogP contribution in [-0.2, 0) is 10.0 Å². The Hall–Kier alpha value is -1.18. The van der Waals surface area contributed by atoms with Crippen LogP contribution in [0, 0.1) is 17.8 Å². The molecule has 3 N–H and O–H groups in total. The van der Waals surface area contributed by atoms with Crippen molar-refractivity contribution < 1.29 is 8.42 Å². The largest absolute Gasteiger partial charge is 0.360 e. The fraction of sp³-hybridized carbons (Fsp3) is 0.650. The standard InChI is InChI=1S/C20H27N3O2S2/c24-27(25,23-20-10-13-7-14(11-20)9-15(8-13)12-20)18-5-3-17(4-6-18)22-19(26)21-16-1-2-16/h3-6,13-16,23H,1-2,7-12H2,(H2,21,22,26). The normalized spacial score (nSPS) is 34.4. The molecule has 5 fully saturated rings. The van der Waals surface area contributed by atoms with Crippen molar-refractivity contribution in [3.63, 3.8) is 0 Å². The predicted molar refractivity (Wildman–Crippen MR) is 110 cm³/mol. The minimum absolute atomic E-state index is 0.208. The van der Waals surface area contributed by atoms with Gasteiger partial charge in [0.15, 0.2) is 5.11 Å². The fourth-order valence-corrected chi connectivity index (χ4v) is 7.59. The van der Waals surface area contributed by atoms with Crippen molar-refractivity contribution in [3.8, 4) is 0 Å². The summed E-state index contributed by atoms with van der Waals surface area (Å²) in [6.45, 7) is 0. The molecule has 0 aromatic heterocycles. The topological polar surface area (TPSA) is 70.2 Å². The van der Waals surface area contributed by atoms with E-state index in [1.165, 1.54) is 19.3 Å². The number of rotatable bonds is 5. The number of hydrogen-bond donors (Lipinski definition) is 3. The van der Waals surface area contributed by atoms with Crippen LogP contribution in [0.5, 0.6) is 0 Å². The number of nitrogens with one attached hydrogen (secondary N) is 3. The molecule has 5 saturated carbocycles. The van der Waals surface area contributed by atoms with Gasteiger partial charge in [0, 0.05) is 17.3 Å². The Bertz CT molecular complexity index is 811. The SMILES string of the molecule is O=S(=O)(NC12CC3CC(CC(C3)C1)C2)c1ccc(NC(=S)NC2CC2)cc1. The van der Waals surface area contributed by atoms with Gasteiger partial charge in [0.1, 0.15) is 0 Å². The molecule has 0 unspecified atom stereocenters. The van der Waals surface area contributed by atoms with E-state index >= 15 is 0 Å². The van der Waals surface area contributed by atoms with E-state index in [9.17, 15) is 8.42 Å². The number of benzene rings is 1. The van der Waals surface area contributed by atoms with Crippen molar-refractivity contribution in [1.82, 2.24) is 10.0 Å². The molecule has 146 valence electrons. The van der Waals surface area contributed by atoms with Crippen molar-refractivity contribution >= 4 is 33.0 Å². The average molecular weight is 406 g/mol. The maximum absolute atomic E-state index is 13.0. The molecule has 0 atom stereocenters. The van der Waals surface area contributed by atoms with Crippen molar-refractivity contribution in [2.24, 2.45) is 17.8 Å². The van der Waals surface area contributed by atoms with Gasteiger partial charge in [-0.3, -0.25) is 0 Å². The summed E-state index contributed by atoms with van der Waals surface area (Å²) in [7, 11) is -3.50. The molecule has 0 amide bonds. The summed E-state index contributed by atoms with van der Waals surface area (Å²) >= 11 is 5.28. The highest BCUT2D eigenvalue weighted by Gasteiger charge is 2.52. The van der Waals surface area contributed by atoms with Crippen molar-refractivity contribution in [2.45, 2.75) is 67.8 Å². The average Bonchev–Trinajstić information content (AvgIpc) is 3.36. The fourth-order valence-electron chi connectivity index (χ4n) is 5.88. The summed E-state index contributed by atoms with van der Waals surface area (Å²) in [5, 5.41) is 6.94. The smallest absolute Gasteiger partial charge is 0.241 e. The molecule has 6 rings (SSSR count). The van der Waals surface area contributed by atoms with Gasteiger partial charge in [-0.1, -0.05) is 0 Å². The molecule has 7 heteroatoms. The van der Waals surface area contributed by atoms with Gasteiger partial charge in [-0.15, -0.1) is 0 Å². The van der Waals surface area contributed by atoms with Gasteiger partial charge >= 0.3 is 0 Å². The van der Waals surface area contributed by atoms with Gasteiger partial charge in [-0.2, -0.15) is 0 Å². The molecule has 0 spiro atoms. The predicted octanol–water partition coefficient (Wildman–Crippen LogP) is 3.38. The zero-order valence-electron chi connectivity index (χ0n) is 15.4. The number of anilines is 1. The van der Waals surface area contributed by atoms with E-state index in [4.69, 9.17) is 12.2 Å². The minimum Gasteiger partial charge on any atom is -0.360 e. The highest BCUT2D eigenvalue weighted by atomic mass is 32.2. The second-order valence-corrected chi connectivity index (χ2v) is 11.3. The van der Waals surface area contributed by atoms with Crippen LogP contribution in [0.3, 0.4) is 0 Å². The lowest BCUT2D eigenvalue weighted by Crippen LogP contribution is -2.59. The first-order valence-corrected chi connectivity index (χ1v) is 12.0. The van der Waals surface area contributed by atoms with E-state index in [1.807, 2.05) is 0 Å². The quantitative estimate of drug-likeness (QED) is 0.655. The third kappa shape index (κ3) is 3.74. The molecule has 5 aliphatic carbocycles. The summed E-state index contributed by atoms with van der Waals surface area (Å²) in [6, 6.07) is 7.41. The van der Waals surface area contributed by atoms with E-state index in [1.54, 1.807) is 24.3 Å². The summed E-state index contributed by atoms with van der Waals surface area (Å²) in [6.07, 6.45) is 9.27. The maximum Gasteiger partial charge on any atom is 0.241 e. The zero-order valence-corrected chi connectivity index (χ0v) is 17.0. The van der Waals surface area contributed by atoms with Crippen molar-refractivity contribution in [1.29, 1.82) is 0 Å². The van der Waals surface area contributed by atoms with Crippen LogP contribution < -0.4 is 15.4 Å². The van der Waals surface area contributed by atoms with Gasteiger partial charge < -0.3 is 10.6 Å². The highest BCUT2D eigenvalue weighted by Crippen LogP contribution is 2.55. The molecule has 27 heavy (non-hydrogen) atoms. The van der Waals surface area contributed by atoms with Crippen molar-refractivity contribution in [3.05, 3.63) is 24.3 Å². The van der Waals surface area contributed by atoms with E-state index in [-0.39, 0.29) is 5.54 Å². The van der Waals surface area contributed by atoms with Crippen LogP contribution in [-0.4, -0.2) is 25.1 Å². The first-order chi connectivity index (χ1) is 12.9. The lowest BCUT2D eigenvalue weighted by atomic mass is 9.53. The molecular weight excluding hydrogens is 378 g/mol. The van der Waals surface area contributed by atoms with Gasteiger partial charge in [-0.05, 0) is 106 Å². The van der Waals surface area contributed by atoms with Crippen LogP contribution in [0.25, 0.3) is 0 Å². The second kappa shape index (κ2) is 6.42. The summed E-state index contributed by atoms with van der Waals surface area (Å²) in [4.78, 5) is 0.338. The van der Waals surface area contributed by atoms with Crippen LogP contribution in [0.1, 0.15) is 51.4 Å². The lowest BCUT2D eigenvalue weighted by molar-refractivity contribution is -0.00810. The lowest BCUT2D eigenvalue weighted by Gasteiger charge is -2.56. The number of hydrogen-bond acceptors (Lipinski definition) is 3. The van der Waals surface area contributed by atoms with Gasteiger partial charge in [0.25, 0.3) is 0 Å². The Kier molecular flexibility index (Phi) is 4.26. The number of sulfonamides is 1. The van der Waals surface area contributed by atoms with E-state index in [2.05, 4.69) is 15.4 Å². The van der Waals surface area contributed by atoms with Gasteiger partial charge in [0.05, 0.1) is 4.90 Å². The van der Waals surface area contributed by atoms with Crippen LogP contribution in [0.2, 0.25) is 0 Å². The summed E-state index contributed by atoms with van der Waals surface area (Å²) in [5.74, 6) is 2.14. The van der Waals surface area contributed by atoms with Crippen molar-refractivity contribution in [2.75, 3.05) is 5.32 Å². The van der Waals surface area contributed by atoms with E-state index in [0.717, 1.165) is 37.8 Å². The molecule has 0 radical (unpaired) electrons. The minimum atomic E-state index is -3.50. The monoisotopic (exact) mass is 405 g/mol.